The highest BCUT2D eigenvalue weighted by Gasteiger charge is 2.28. The predicted molar refractivity (Wildman–Crippen MR) is 105 cm³/mol. The Labute approximate surface area is 156 Å². The molecule has 0 fully saturated rings. The number of hydrogen-bond acceptors (Lipinski definition) is 4. The Morgan fingerprint density at radius 1 is 1.27 bits per heavy atom. The van der Waals surface area contributed by atoms with Crippen LogP contribution in [-0.2, 0) is 13.1 Å². The Morgan fingerprint density at radius 3 is 2.92 bits per heavy atom. The monoisotopic (exact) mass is 361 g/mol. The topological polar surface area (TPSA) is 38.1 Å². The van der Waals surface area contributed by atoms with Gasteiger partial charge in [-0.2, -0.15) is 0 Å². The average Bonchev–Trinajstić information content (AvgIpc) is 3.26. The molecular formula is C21H19N3OS. The Bertz CT molecular complexity index is 1000. The van der Waals surface area contributed by atoms with Gasteiger partial charge in [0.1, 0.15) is 0 Å². The summed E-state index contributed by atoms with van der Waals surface area (Å²) in [6.45, 7) is 0.973. The molecule has 130 valence electrons. The second kappa shape index (κ2) is 7.28. The smallest absolute Gasteiger partial charge is 0.284 e. The molecule has 0 aliphatic heterocycles. The molecule has 0 saturated carbocycles. The van der Waals surface area contributed by atoms with Gasteiger partial charge in [0.15, 0.2) is 0 Å². The lowest BCUT2D eigenvalue weighted by Crippen LogP contribution is -2.33. The van der Waals surface area contributed by atoms with Crippen LogP contribution < -0.4 is 4.87 Å². The quantitative estimate of drug-likeness (QED) is 0.652. The molecule has 0 bridgehead atoms. The third kappa shape index (κ3) is 3.10. The maximum atomic E-state index is 12.5. The zero-order chi connectivity index (χ0) is 17.9. The number of thiazole rings is 1. The molecule has 2 heterocycles. The van der Waals surface area contributed by atoms with E-state index < -0.39 is 0 Å². The van der Waals surface area contributed by atoms with E-state index >= 15 is 0 Å². The van der Waals surface area contributed by atoms with Crippen molar-refractivity contribution < 1.29 is 0 Å². The van der Waals surface area contributed by atoms with Gasteiger partial charge in [0.25, 0.3) is 0 Å². The molecule has 2 aromatic heterocycles. The van der Waals surface area contributed by atoms with Crippen LogP contribution in [-0.4, -0.2) is 21.0 Å². The van der Waals surface area contributed by atoms with Crippen LogP contribution in [0.1, 0.15) is 23.6 Å². The molecule has 4 rings (SSSR count). The van der Waals surface area contributed by atoms with Crippen molar-refractivity contribution in [2.75, 3.05) is 6.54 Å². The van der Waals surface area contributed by atoms with Crippen molar-refractivity contribution in [2.24, 2.45) is 0 Å². The van der Waals surface area contributed by atoms with Crippen LogP contribution in [0.25, 0.3) is 11.4 Å². The molecule has 1 aliphatic carbocycles. The largest absolute Gasteiger partial charge is 0.308 e. The lowest BCUT2D eigenvalue weighted by molar-refractivity contribution is 0.172. The molecule has 0 radical (unpaired) electrons. The summed E-state index contributed by atoms with van der Waals surface area (Å²) in [6, 6.07) is 14.5. The highest BCUT2D eigenvalue weighted by molar-refractivity contribution is 7.07. The zero-order valence-electron chi connectivity index (χ0n) is 14.3. The number of fused-ring (bicyclic) bond motifs is 1. The third-order valence-electron chi connectivity index (χ3n) is 4.87. The summed E-state index contributed by atoms with van der Waals surface area (Å²) in [5, 5.41) is 1.88. The molecule has 0 N–H and O–H groups in total. The van der Waals surface area contributed by atoms with Crippen molar-refractivity contribution in [1.82, 2.24) is 14.5 Å². The van der Waals surface area contributed by atoms with Crippen molar-refractivity contribution in [3.8, 4) is 23.7 Å². The molecule has 0 spiro atoms. The van der Waals surface area contributed by atoms with E-state index in [1.165, 1.54) is 22.5 Å². The number of rotatable bonds is 5. The summed E-state index contributed by atoms with van der Waals surface area (Å²) in [4.78, 5) is 19.1. The maximum Gasteiger partial charge on any atom is 0.308 e. The molecule has 1 atom stereocenters. The van der Waals surface area contributed by atoms with Gasteiger partial charge in [-0.25, -0.2) is 0 Å². The van der Waals surface area contributed by atoms with Gasteiger partial charge in [-0.15, -0.1) is 6.42 Å². The molecule has 0 unspecified atom stereocenters. The molecule has 0 amide bonds. The Balaban J connectivity index is 1.68. The summed E-state index contributed by atoms with van der Waals surface area (Å²) < 4.78 is 1.78. The Hall–Kier alpha value is -2.68. The van der Waals surface area contributed by atoms with E-state index in [2.05, 4.69) is 40.1 Å². The highest BCUT2D eigenvalue weighted by Crippen LogP contribution is 2.36. The van der Waals surface area contributed by atoms with E-state index in [0.717, 1.165) is 24.2 Å². The SMILES string of the molecule is C#CCN(Cn1c(-c2ccccn2)csc1=O)[C@@H]1CCc2ccccc21. The van der Waals surface area contributed by atoms with Gasteiger partial charge in [-0.05, 0) is 36.1 Å². The number of hydrogen-bond donors (Lipinski definition) is 0. The second-order valence-corrected chi connectivity index (χ2v) is 7.20. The standard InChI is InChI=1S/C21H19N3OS/c1-2-13-23(19-11-10-16-7-3-4-8-17(16)19)15-24-20(14-26-21(24)25)18-9-5-6-12-22-18/h1,3-9,12,14,19H,10-11,13,15H2/t19-/m1/s1. The van der Waals surface area contributed by atoms with E-state index in [9.17, 15) is 4.79 Å². The fraction of sp³-hybridized carbons (Fsp3) is 0.238. The van der Waals surface area contributed by atoms with Gasteiger partial charge < -0.3 is 0 Å². The normalized spacial score (nSPS) is 15.8. The van der Waals surface area contributed by atoms with E-state index in [0.29, 0.717) is 13.2 Å². The minimum atomic E-state index is 0.0129. The van der Waals surface area contributed by atoms with Gasteiger partial charge in [0.2, 0.25) is 0 Å². The van der Waals surface area contributed by atoms with Crippen LogP contribution in [0.4, 0.5) is 0 Å². The van der Waals surface area contributed by atoms with E-state index in [4.69, 9.17) is 6.42 Å². The van der Waals surface area contributed by atoms with Gasteiger partial charge in [0, 0.05) is 17.6 Å². The van der Waals surface area contributed by atoms with Gasteiger partial charge in [-0.3, -0.25) is 19.2 Å². The van der Waals surface area contributed by atoms with Crippen LogP contribution in [0.3, 0.4) is 0 Å². The molecule has 0 saturated heterocycles. The average molecular weight is 361 g/mol. The molecular weight excluding hydrogens is 342 g/mol. The summed E-state index contributed by atoms with van der Waals surface area (Å²) in [6.07, 6.45) is 9.46. The lowest BCUT2D eigenvalue weighted by atomic mass is 10.1. The fourth-order valence-electron chi connectivity index (χ4n) is 3.65. The van der Waals surface area contributed by atoms with Crippen LogP contribution in [0.5, 0.6) is 0 Å². The maximum absolute atomic E-state index is 12.5. The van der Waals surface area contributed by atoms with Gasteiger partial charge in [-0.1, -0.05) is 47.6 Å². The lowest BCUT2D eigenvalue weighted by Gasteiger charge is -2.28. The number of benzene rings is 1. The van der Waals surface area contributed by atoms with Crippen molar-refractivity contribution in [1.29, 1.82) is 0 Å². The molecule has 3 aromatic rings. The number of pyridine rings is 1. The van der Waals surface area contributed by atoms with Crippen LogP contribution >= 0.6 is 11.3 Å². The molecule has 1 aliphatic rings. The summed E-state index contributed by atoms with van der Waals surface area (Å²) in [7, 11) is 0. The van der Waals surface area contributed by atoms with Crippen molar-refractivity contribution in [3.63, 3.8) is 0 Å². The molecule has 1 aromatic carbocycles. The number of terminal acetylenes is 1. The van der Waals surface area contributed by atoms with E-state index in [-0.39, 0.29) is 10.9 Å². The van der Waals surface area contributed by atoms with Crippen molar-refractivity contribution >= 4 is 11.3 Å². The predicted octanol–water partition coefficient (Wildman–Crippen LogP) is 3.55. The first-order valence-corrected chi connectivity index (χ1v) is 9.51. The van der Waals surface area contributed by atoms with Crippen LogP contribution in [0.15, 0.2) is 58.8 Å². The number of aryl methyl sites for hydroxylation is 1. The first-order chi connectivity index (χ1) is 12.8. The molecule has 4 nitrogen and oxygen atoms in total. The molecule has 5 heteroatoms. The van der Waals surface area contributed by atoms with Crippen molar-refractivity contribution in [2.45, 2.75) is 25.6 Å². The summed E-state index contributed by atoms with van der Waals surface area (Å²) >= 11 is 1.20. The Kier molecular flexibility index (Phi) is 4.70. The van der Waals surface area contributed by atoms with Crippen LogP contribution in [0.2, 0.25) is 0 Å². The fourth-order valence-corrected chi connectivity index (χ4v) is 4.39. The first kappa shape index (κ1) is 16.8. The van der Waals surface area contributed by atoms with Gasteiger partial charge >= 0.3 is 4.87 Å². The minimum Gasteiger partial charge on any atom is -0.284 e. The Morgan fingerprint density at radius 2 is 2.12 bits per heavy atom. The highest BCUT2D eigenvalue weighted by atomic mass is 32.1. The van der Waals surface area contributed by atoms with E-state index in [1.807, 2.05) is 23.6 Å². The number of nitrogens with zero attached hydrogens (tertiary/aromatic N) is 3. The van der Waals surface area contributed by atoms with E-state index in [1.54, 1.807) is 10.8 Å². The van der Waals surface area contributed by atoms with Crippen molar-refractivity contribution in [3.05, 3.63) is 74.8 Å². The zero-order valence-corrected chi connectivity index (χ0v) is 15.2. The minimum absolute atomic E-state index is 0.0129. The summed E-state index contributed by atoms with van der Waals surface area (Å²) in [5.41, 5.74) is 4.35. The second-order valence-electron chi connectivity index (χ2n) is 6.38. The molecule has 26 heavy (non-hydrogen) atoms. The van der Waals surface area contributed by atoms with Crippen LogP contribution in [0, 0.1) is 12.3 Å². The number of aromatic nitrogens is 2. The third-order valence-corrected chi connectivity index (χ3v) is 5.63. The first-order valence-electron chi connectivity index (χ1n) is 8.63. The van der Waals surface area contributed by atoms with Gasteiger partial charge in [0.05, 0.1) is 24.6 Å². The summed E-state index contributed by atoms with van der Waals surface area (Å²) in [5.74, 6) is 2.76.